The summed E-state index contributed by atoms with van der Waals surface area (Å²) in [6, 6.07) is 0.233. The van der Waals surface area contributed by atoms with Gasteiger partial charge in [0.1, 0.15) is 11.4 Å². The molecule has 2 aliphatic rings. The molecule has 1 aliphatic heterocycles. The lowest BCUT2D eigenvalue weighted by atomic mass is 9.75. The minimum absolute atomic E-state index is 0.135. The summed E-state index contributed by atoms with van der Waals surface area (Å²) in [6.07, 6.45) is 4.39. The number of rotatable bonds is 1. The molecule has 1 aliphatic carbocycles. The zero-order valence-corrected chi connectivity index (χ0v) is 11.9. The number of amides is 2. The SMILES string of the molecule is CC1(C)CCC(n2nc3c(c2N)C(=O)NC(=O)C3)CC1. The number of imide groups is 1. The Bertz CT molecular complexity index is 578. The number of carbonyl (C=O) groups excluding carboxylic acids is 2. The molecule has 6 nitrogen and oxygen atoms in total. The van der Waals surface area contributed by atoms with Crippen molar-refractivity contribution in [1.82, 2.24) is 15.1 Å². The minimum atomic E-state index is -0.420. The lowest BCUT2D eigenvalue weighted by molar-refractivity contribution is -0.119. The van der Waals surface area contributed by atoms with E-state index >= 15 is 0 Å². The van der Waals surface area contributed by atoms with Crippen LogP contribution in [0.15, 0.2) is 0 Å². The van der Waals surface area contributed by atoms with Gasteiger partial charge in [-0.1, -0.05) is 13.8 Å². The Labute approximate surface area is 117 Å². The van der Waals surface area contributed by atoms with Crippen LogP contribution in [0.1, 0.15) is 61.6 Å². The molecular weight excluding hydrogens is 256 g/mol. The average molecular weight is 276 g/mol. The normalized spacial score (nSPS) is 22.5. The summed E-state index contributed by atoms with van der Waals surface area (Å²) in [7, 11) is 0. The number of fused-ring (bicyclic) bond motifs is 1. The fraction of sp³-hybridized carbons (Fsp3) is 0.643. The van der Waals surface area contributed by atoms with Crippen LogP contribution in [0.25, 0.3) is 0 Å². The predicted molar refractivity (Wildman–Crippen MR) is 74.1 cm³/mol. The number of hydrogen-bond donors (Lipinski definition) is 2. The Hall–Kier alpha value is -1.85. The van der Waals surface area contributed by atoms with Gasteiger partial charge in [0.2, 0.25) is 5.91 Å². The van der Waals surface area contributed by atoms with Gasteiger partial charge in [0.05, 0.1) is 18.2 Å². The Morgan fingerprint density at radius 2 is 1.95 bits per heavy atom. The second-order valence-electron chi connectivity index (χ2n) is 6.60. The molecule has 0 unspecified atom stereocenters. The number of carbonyl (C=O) groups is 2. The van der Waals surface area contributed by atoms with Gasteiger partial charge in [0.15, 0.2) is 0 Å². The molecule has 0 saturated heterocycles. The lowest BCUT2D eigenvalue weighted by Crippen LogP contribution is -2.37. The topological polar surface area (TPSA) is 90.0 Å². The number of nitrogens with two attached hydrogens (primary N) is 1. The average Bonchev–Trinajstić information content (AvgIpc) is 2.66. The summed E-state index contributed by atoms with van der Waals surface area (Å²) in [5, 5.41) is 6.73. The van der Waals surface area contributed by atoms with Gasteiger partial charge in [0.25, 0.3) is 5.91 Å². The Kier molecular flexibility index (Phi) is 2.84. The third-order valence-corrected chi connectivity index (χ3v) is 4.48. The number of nitrogen functional groups attached to an aromatic ring is 1. The van der Waals surface area contributed by atoms with Gasteiger partial charge in [-0.2, -0.15) is 5.10 Å². The lowest BCUT2D eigenvalue weighted by Gasteiger charge is -2.34. The van der Waals surface area contributed by atoms with Gasteiger partial charge < -0.3 is 5.73 Å². The van der Waals surface area contributed by atoms with Crippen molar-refractivity contribution in [3.8, 4) is 0 Å². The molecule has 2 amide bonds. The number of aromatic nitrogens is 2. The van der Waals surface area contributed by atoms with E-state index in [1.54, 1.807) is 4.68 Å². The van der Waals surface area contributed by atoms with E-state index in [1.807, 2.05) is 0 Å². The maximum absolute atomic E-state index is 11.9. The Morgan fingerprint density at radius 3 is 2.60 bits per heavy atom. The van der Waals surface area contributed by atoms with Gasteiger partial charge in [-0.25, -0.2) is 4.68 Å². The van der Waals surface area contributed by atoms with E-state index in [4.69, 9.17) is 5.73 Å². The second-order valence-corrected chi connectivity index (χ2v) is 6.60. The molecule has 6 heteroatoms. The fourth-order valence-corrected chi connectivity index (χ4v) is 3.16. The maximum Gasteiger partial charge on any atom is 0.263 e. The van der Waals surface area contributed by atoms with Crippen LogP contribution in [0.4, 0.5) is 5.82 Å². The van der Waals surface area contributed by atoms with Crippen molar-refractivity contribution in [2.75, 3.05) is 5.73 Å². The van der Waals surface area contributed by atoms with Crippen molar-refractivity contribution >= 4 is 17.6 Å². The molecule has 20 heavy (non-hydrogen) atoms. The summed E-state index contributed by atoms with van der Waals surface area (Å²) in [5.74, 6) is -0.331. The molecule has 108 valence electrons. The minimum Gasteiger partial charge on any atom is -0.383 e. The largest absolute Gasteiger partial charge is 0.383 e. The van der Waals surface area contributed by atoms with E-state index in [1.165, 1.54) is 0 Å². The van der Waals surface area contributed by atoms with Crippen LogP contribution in [-0.2, 0) is 11.2 Å². The quantitative estimate of drug-likeness (QED) is 0.759. The maximum atomic E-state index is 11.9. The molecule has 1 fully saturated rings. The van der Waals surface area contributed by atoms with Gasteiger partial charge in [-0.05, 0) is 31.1 Å². The number of nitrogens with one attached hydrogen (secondary N) is 1. The molecule has 1 aromatic rings. The van der Waals surface area contributed by atoms with Crippen molar-refractivity contribution in [2.24, 2.45) is 5.41 Å². The fourth-order valence-electron chi connectivity index (χ4n) is 3.16. The van der Waals surface area contributed by atoms with Crippen LogP contribution in [-0.4, -0.2) is 21.6 Å². The summed E-state index contributed by atoms with van der Waals surface area (Å²) in [6.45, 7) is 4.54. The zero-order valence-electron chi connectivity index (χ0n) is 11.9. The highest BCUT2D eigenvalue weighted by Gasteiger charge is 2.34. The van der Waals surface area contributed by atoms with Gasteiger partial charge >= 0.3 is 0 Å². The molecule has 3 rings (SSSR count). The first-order chi connectivity index (χ1) is 9.37. The molecule has 2 heterocycles. The van der Waals surface area contributed by atoms with Gasteiger partial charge in [0, 0.05) is 0 Å². The second kappa shape index (κ2) is 4.33. The summed E-state index contributed by atoms with van der Waals surface area (Å²) in [5.41, 5.74) is 7.35. The Balaban J connectivity index is 1.91. The van der Waals surface area contributed by atoms with E-state index in [2.05, 4.69) is 24.3 Å². The van der Waals surface area contributed by atoms with Gasteiger partial charge in [-0.3, -0.25) is 14.9 Å². The van der Waals surface area contributed by atoms with Crippen LogP contribution in [0, 0.1) is 5.41 Å². The highest BCUT2D eigenvalue weighted by Crippen LogP contribution is 2.41. The van der Waals surface area contributed by atoms with Crippen molar-refractivity contribution in [2.45, 2.75) is 52.0 Å². The third-order valence-electron chi connectivity index (χ3n) is 4.48. The van der Waals surface area contributed by atoms with E-state index in [0.29, 0.717) is 22.5 Å². The van der Waals surface area contributed by atoms with Crippen molar-refractivity contribution in [1.29, 1.82) is 0 Å². The van der Waals surface area contributed by atoms with Crippen LogP contribution >= 0.6 is 0 Å². The molecule has 0 aromatic carbocycles. The zero-order chi connectivity index (χ0) is 14.5. The van der Waals surface area contributed by atoms with Crippen molar-refractivity contribution in [3.63, 3.8) is 0 Å². The monoisotopic (exact) mass is 276 g/mol. The predicted octanol–water partition coefficient (Wildman–Crippen LogP) is 1.42. The van der Waals surface area contributed by atoms with E-state index in [0.717, 1.165) is 25.7 Å². The van der Waals surface area contributed by atoms with Crippen LogP contribution in [0.2, 0.25) is 0 Å². The van der Waals surface area contributed by atoms with Crippen LogP contribution in [0.5, 0.6) is 0 Å². The highest BCUT2D eigenvalue weighted by atomic mass is 16.2. The number of nitrogens with zero attached hydrogens (tertiary/aromatic N) is 2. The third kappa shape index (κ3) is 2.09. The summed E-state index contributed by atoms with van der Waals surface area (Å²) >= 11 is 0. The molecular formula is C14H20N4O2. The molecule has 1 aromatic heterocycles. The van der Waals surface area contributed by atoms with E-state index in [9.17, 15) is 9.59 Å². The van der Waals surface area contributed by atoms with Crippen LogP contribution < -0.4 is 11.1 Å². The molecule has 0 bridgehead atoms. The molecule has 0 atom stereocenters. The van der Waals surface area contributed by atoms with Gasteiger partial charge in [-0.15, -0.1) is 0 Å². The van der Waals surface area contributed by atoms with E-state index in [-0.39, 0.29) is 18.4 Å². The first-order valence-electron chi connectivity index (χ1n) is 7.08. The molecule has 1 saturated carbocycles. The molecule has 3 N–H and O–H groups in total. The first kappa shape index (κ1) is 13.1. The van der Waals surface area contributed by atoms with Crippen molar-refractivity contribution in [3.05, 3.63) is 11.3 Å². The smallest absolute Gasteiger partial charge is 0.263 e. The number of anilines is 1. The van der Waals surface area contributed by atoms with Crippen LogP contribution in [0.3, 0.4) is 0 Å². The number of hydrogen-bond acceptors (Lipinski definition) is 4. The Morgan fingerprint density at radius 1 is 1.30 bits per heavy atom. The summed E-state index contributed by atoms with van der Waals surface area (Å²) in [4.78, 5) is 23.2. The molecule has 0 spiro atoms. The summed E-state index contributed by atoms with van der Waals surface area (Å²) < 4.78 is 1.76. The van der Waals surface area contributed by atoms with Crippen molar-refractivity contribution < 1.29 is 9.59 Å². The standard InChI is InChI=1S/C14H20N4O2/c1-14(2)5-3-8(4-6-14)18-12(15)11-9(17-18)7-10(19)16-13(11)20/h8H,3-7,15H2,1-2H3,(H,16,19,20). The first-order valence-corrected chi connectivity index (χ1v) is 7.08. The molecule has 0 radical (unpaired) electrons. The highest BCUT2D eigenvalue weighted by molar-refractivity contribution is 6.11. The van der Waals surface area contributed by atoms with E-state index < -0.39 is 5.91 Å².